The fourth-order valence-electron chi connectivity index (χ4n) is 2.54. The Morgan fingerprint density at radius 2 is 2.29 bits per heavy atom. The third kappa shape index (κ3) is 3.02. The Balaban J connectivity index is 2.10. The average molecular weight is 301 g/mol. The van der Waals surface area contributed by atoms with Crippen molar-refractivity contribution in [1.29, 1.82) is 0 Å². The van der Waals surface area contributed by atoms with E-state index in [2.05, 4.69) is 15.6 Å². The van der Waals surface area contributed by atoms with E-state index in [0.29, 0.717) is 12.1 Å². The molecule has 1 fully saturated rings. The highest BCUT2D eigenvalue weighted by Gasteiger charge is 2.61. The van der Waals surface area contributed by atoms with Crippen LogP contribution in [0, 0.1) is 5.41 Å². The second kappa shape index (κ2) is 6.01. The summed E-state index contributed by atoms with van der Waals surface area (Å²) in [5.41, 5.74) is -0.797. The van der Waals surface area contributed by atoms with Gasteiger partial charge in [0.1, 0.15) is 0 Å². The maximum atomic E-state index is 13.2. The molecule has 116 valence electrons. The zero-order chi connectivity index (χ0) is 15.5. The summed E-state index contributed by atoms with van der Waals surface area (Å²) >= 11 is 0. The predicted molar refractivity (Wildman–Crippen MR) is 71.4 cm³/mol. The van der Waals surface area contributed by atoms with Crippen LogP contribution in [0.2, 0.25) is 0 Å². The number of aryl methyl sites for hydroxylation is 1. The topological polar surface area (TPSA) is 54.0 Å². The lowest BCUT2D eigenvalue weighted by atomic mass is 9.85. The van der Waals surface area contributed by atoms with Crippen molar-refractivity contribution >= 4 is 5.91 Å². The maximum Gasteiger partial charge on any atom is 0.404 e. The highest BCUT2D eigenvalue weighted by atomic mass is 19.4. The van der Waals surface area contributed by atoms with Crippen molar-refractivity contribution in [3.8, 4) is 0 Å². The van der Waals surface area contributed by atoms with Crippen LogP contribution in [0.4, 0.5) is 13.2 Å². The molecule has 2 heterocycles. The van der Waals surface area contributed by atoms with Gasteiger partial charge < -0.3 is 10.6 Å². The van der Waals surface area contributed by atoms with E-state index in [0.717, 1.165) is 5.56 Å². The molecule has 2 rings (SSSR count). The Morgan fingerprint density at radius 3 is 2.86 bits per heavy atom. The number of halogens is 3. The number of amides is 1. The second-order valence-corrected chi connectivity index (χ2v) is 5.15. The molecule has 1 aromatic rings. The zero-order valence-electron chi connectivity index (χ0n) is 11.8. The number of carbonyl (C=O) groups is 1. The van der Waals surface area contributed by atoms with Crippen LogP contribution in [-0.4, -0.2) is 30.2 Å². The van der Waals surface area contributed by atoms with Crippen molar-refractivity contribution in [3.05, 3.63) is 29.6 Å². The van der Waals surface area contributed by atoms with Gasteiger partial charge in [-0.15, -0.1) is 0 Å². The van der Waals surface area contributed by atoms with Crippen molar-refractivity contribution in [2.24, 2.45) is 5.41 Å². The molecule has 0 aliphatic carbocycles. The van der Waals surface area contributed by atoms with Gasteiger partial charge in [-0.1, -0.05) is 13.0 Å². The molecule has 21 heavy (non-hydrogen) atoms. The Labute approximate surface area is 121 Å². The molecule has 0 bridgehead atoms. The molecule has 1 aromatic heterocycles. The minimum atomic E-state index is -4.56. The molecule has 4 nitrogen and oxygen atoms in total. The Bertz CT molecular complexity index is 510. The summed E-state index contributed by atoms with van der Waals surface area (Å²) in [5, 5.41) is 5.03. The summed E-state index contributed by atoms with van der Waals surface area (Å²) in [4.78, 5) is 16.2. The number of rotatable bonds is 4. The van der Waals surface area contributed by atoms with E-state index < -0.39 is 17.5 Å². The number of aromatic nitrogens is 1. The molecule has 7 heteroatoms. The van der Waals surface area contributed by atoms with Gasteiger partial charge in [0.15, 0.2) is 5.41 Å². The molecule has 1 atom stereocenters. The number of carbonyl (C=O) groups excluding carboxylic acids is 1. The van der Waals surface area contributed by atoms with Crippen LogP contribution in [0.3, 0.4) is 0 Å². The van der Waals surface area contributed by atoms with Crippen LogP contribution in [0.15, 0.2) is 18.3 Å². The Kier molecular flexibility index (Phi) is 4.51. The first kappa shape index (κ1) is 15.8. The van der Waals surface area contributed by atoms with Gasteiger partial charge in [0.2, 0.25) is 5.91 Å². The number of nitrogens with one attached hydrogen (secondary N) is 2. The number of nitrogens with zero attached hydrogens (tertiary/aromatic N) is 1. The number of alkyl halides is 3. The third-order valence-electron chi connectivity index (χ3n) is 3.91. The quantitative estimate of drug-likeness (QED) is 0.891. The first-order valence-corrected chi connectivity index (χ1v) is 6.89. The SMILES string of the molecule is CCc1cccnc1CNC(=O)C1(C(F)(F)F)CCNC1. The van der Waals surface area contributed by atoms with Gasteiger partial charge in [-0.05, 0) is 31.0 Å². The summed E-state index contributed by atoms with van der Waals surface area (Å²) in [6.07, 6.45) is -2.51. The highest BCUT2D eigenvalue weighted by Crippen LogP contribution is 2.43. The molecule has 1 unspecified atom stereocenters. The molecule has 0 radical (unpaired) electrons. The van der Waals surface area contributed by atoms with Gasteiger partial charge in [0.25, 0.3) is 0 Å². The van der Waals surface area contributed by atoms with Gasteiger partial charge in [0.05, 0.1) is 12.2 Å². The summed E-state index contributed by atoms with van der Waals surface area (Å²) in [7, 11) is 0. The second-order valence-electron chi connectivity index (χ2n) is 5.15. The summed E-state index contributed by atoms with van der Waals surface area (Å²) in [6, 6.07) is 3.62. The normalized spacial score (nSPS) is 22.3. The molecule has 0 aromatic carbocycles. The van der Waals surface area contributed by atoms with E-state index in [9.17, 15) is 18.0 Å². The molecule has 0 saturated carbocycles. The van der Waals surface area contributed by atoms with Gasteiger partial charge in [-0.3, -0.25) is 9.78 Å². The lowest BCUT2D eigenvalue weighted by Gasteiger charge is -2.29. The van der Waals surface area contributed by atoms with Crippen LogP contribution in [0.25, 0.3) is 0 Å². The van der Waals surface area contributed by atoms with Crippen LogP contribution in [0.1, 0.15) is 24.6 Å². The lowest BCUT2D eigenvalue weighted by Crippen LogP contribution is -2.52. The van der Waals surface area contributed by atoms with Crippen LogP contribution in [-0.2, 0) is 17.8 Å². The molecule has 1 aliphatic rings. The first-order valence-electron chi connectivity index (χ1n) is 6.89. The van der Waals surface area contributed by atoms with Gasteiger partial charge in [-0.25, -0.2) is 0 Å². The van der Waals surface area contributed by atoms with E-state index >= 15 is 0 Å². The zero-order valence-corrected chi connectivity index (χ0v) is 11.8. The molecule has 0 spiro atoms. The van der Waals surface area contributed by atoms with Crippen molar-refractivity contribution in [2.75, 3.05) is 13.1 Å². The smallest absolute Gasteiger partial charge is 0.350 e. The molecular formula is C14H18F3N3O. The highest BCUT2D eigenvalue weighted by molar-refractivity contribution is 5.84. The van der Waals surface area contributed by atoms with E-state index in [1.54, 1.807) is 12.3 Å². The van der Waals surface area contributed by atoms with Crippen molar-refractivity contribution in [2.45, 2.75) is 32.5 Å². The minimum Gasteiger partial charge on any atom is -0.350 e. The van der Waals surface area contributed by atoms with E-state index in [1.165, 1.54) is 0 Å². The molecule has 2 N–H and O–H groups in total. The van der Waals surface area contributed by atoms with Gasteiger partial charge in [-0.2, -0.15) is 13.2 Å². The number of pyridine rings is 1. The summed E-state index contributed by atoms with van der Waals surface area (Å²) in [6.45, 7) is 1.77. The molecule has 1 aliphatic heterocycles. The largest absolute Gasteiger partial charge is 0.404 e. The number of hydrogen-bond acceptors (Lipinski definition) is 3. The standard InChI is InChI=1S/C14H18F3N3O/c1-2-10-4-3-6-19-11(10)8-20-12(21)13(14(15,16)17)5-7-18-9-13/h3-4,6,18H,2,5,7-9H2,1H3,(H,20,21). The van der Waals surface area contributed by atoms with E-state index in [4.69, 9.17) is 0 Å². The molecule has 1 saturated heterocycles. The van der Waals surface area contributed by atoms with Gasteiger partial charge >= 0.3 is 6.18 Å². The third-order valence-corrected chi connectivity index (χ3v) is 3.91. The summed E-state index contributed by atoms with van der Waals surface area (Å²) in [5.74, 6) is -0.979. The van der Waals surface area contributed by atoms with Crippen LogP contribution >= 0.6 is 0 Å². The Hall–Kier alpha value is -1.63. The lowest BCUT2D eigenvalue weighted by molar-refractivity contribution is -0.216. The van der Waals surface area contributed by atoms with Crippen LogP contribution in [0.5, 0.6) is 0 Å². The fraction of sp³-hybridized carbons (Fsp3) is 0.571. The fourth-order valence-corrected chi connectivity index (χ4v) is 2.54. The average Bonchev–Trinajstić information content (AvgIpc) is 2.95. The monoisotopic (exact) mass is 301 g/mol. The first-order chi connectivity index (χ1) is 9.90. The number of hydrogen-bond donors (Lipinski definition) is 2. The molecular weight excluding hydrogens is 283 g/mol. The molecule has 1 amide bonds. The van der Waals surface area contributed by atoms with Gasteiger partial charge in [0, 0.05) is 12.7 Å². The van der Waals surface area contributed by atoms with E-state index in [-0.39, 0.29) is 26.1 Å². The predicted octanol–water partition coefficient (Wildman–Crippen LogP) is 1.80. The Morgan fingerprint density at radius 1 is 1.52 bits per heavy atom. The van der Waals surface area contributed by atoms with Crippen molar-refractivity contribution in [3.63, 3.8) is 0 Å². The van der Waals surface area contributed by atoms with Crippen LogP contribution < -0.4 is 10.6 Å². The summed E-state index contributed by atoms with van der Waals surface area (Å²) < 4.78 is 39.7. The van der Waals surface area contributed by atoms with Crippen molar-refractivity contribution in [1.82, 2.24) is 15.6 Å². The maximum absolute atomic E-state index is 13.2. The van der Waals surface area contributed by atoms with Crippen molar-refractivity contribution < 1.29 is 18.0 Å². The van der Waals surface area contributed by atoms with E-state index in [1.807, 2.05) is 13.0 Å². The minimum absolute atomic E-state index is 0.0146.